The third-order valence-electron chi connectivity index (χ3n) is 8.69. The van der Waals surface area contributed by atoms with Gasteiger partial charge in [0.15, 0.2) is 5.78 Å². The highest BCUT2D eigenvalue weighted by molar-refractivity contribution is 7.97. The number of Topliss-reactive ketones (excluding diaryl/α,β-unsaturated/α-hetero) is 1. The van der Waals surface area contributed by atoms with Crippen LogP contribution in [0.4, 0.5) is 9.18 Å². The molecule has 0 bridgehead atoms. The first kappa shape index (κ1) is 36.9. The number of hydrogen-bond acceptors (Lipinski definition) is 7. The molecule has 5 rings (SSSR count). The molecule has 0 unspecified atom stereocenters. The van der Waals surface area contributed by atoms with E-state index in [-0.39, 0.29) is 29.3 Å². The van der Waals surface area contributed by atoms with E-state index < -0.39 is 36.3 Å². The van der Waals surface area contributed by atoms with Crippen molar-refractivity contribution in [2.75, 3.05) is 0 Å². The molecule has 51 heavy (non-hydrogen) atoms. The van der Waals surface area contributed by atoms with Gasteiger partial charge in [0.25, 0.3) is 0 Å². The Hall–Kier alpha value is -5.32. The molecule has 8 nitrogen and oxygen atoms in total. The van der Waals surface area contributed by atoms with Crippen LogP contribution in [0, 0.1) is 22.6 Å². The smallest absolute Gasteiger partial charge is 0.408 e. The highest BCUT2D eigenvalue weighted by atomic mass is 31.2. The standard InChI is InChI=1S/C41H42FN4O4P/c1-5-6-22-34(44-40(48)49-36(41(2,3)4)27-37-45-46-39(50-37)29-23-25-30(42)26-24-29)38(47)35(28-43)51(31-16-10-7-11-17-31,32-18-12-8-13-19-32)33-20-14-9-15-21-33/h7-21,23-26,34,36H,5-6,22,27H2,1-4H3,(H,44,48)/t34-,36+/m0/s1. The molecule has 1 amide bonds. The molecule has 5 aromatic rings. The summed E-state index contributed by atoms with van der Waals surface area (Å²) in [6.07, 6.45) is 0.335. The lowest BCUT2D eigenvalue weighted by molar-refractivity contribution is -0.114. The van der Waals surface area contributed by atoms with Crippen molar-refractivity contribution >= 4 is 40.0 Å². The third-order valence-corrected chi connectivity index (χ3v) is 12.9. The molecule has 1 N–H and O–H groups in total. The number of amides is 1. The predicted octanol–water partition coefficient (Wildman–Crippen LogP) is 7.38. The second kappa shape index (κ2) is 16.6. The minimum absolute atomic E-state index is 0.0963. The second-order valence-corrected chi connectivity index (χ2v) is 16.7. The van der Waals surface area contributed by atoms with E-state index in [1.165, 1.54) is 12.1 Å². The average molecular weight is 705 g/mol. The van der Waals surface area contributed by atoms with Crippen molar-refractivity contribution in [3.05, 3.63) is 127 Å². The Morgan fingerprint density at radius 3 is 1.86 bits per heavy atom. The number of nitrogens with zero attached hydrogens (tertiary/aromatic N) is 3. The first-order valence-corrected chi connectivity index (χ1v) is 18.8. The number of ether oxygens (including phenoxy) is 1. The molecule has 0 fully saturated rings. The Labute approximate surface area is 298 Å². The van der Waals surface area contributed by atoms with Gasteiger partial charge in [-0.15, -0.1) is 10.2 Å². The number of rotatable bonds is 13. The zero-order valence-corrected chi connectivity index (χ0v) is 30.1. The molecule has 262 valence electrons. The van der Waals surface area contributed by atoms with Crippen LogP contribution in [-0.2, 0) is 16.0 Å². The van der Waals surface area contributed by atoms with E-state index in [1.54, 1.807) is 12.1 Å². The SMILES string of the molecule is CCCC[C@H](NC(=O)O[C@H](Cc1nnc(-c2ccc(F)cc2)o1)C(C)(C)C)C(=O)C(C#N)=P(c1ccccc1)(c1ccccc1)c1ccccc1. The zero-order chi connectivity index (χ0) is 36.4. The largest absolute Gasteiger partial charge is 0.445 e. The molecular weight excluding hydrogens is 662 g/mol. The zero-order valence-electron chi connectivity index (χ0n) is 29.3. The molecule has 10 heteroatoms. The van der Waals surface area contributed by atoms with Gasteiger partial charge in [0.1, 0.15) is 23.3 Å². The Morgan fingerprint density at radius 2 is 1.39 bits per heavy atom. The Bertz CT molecular complexity index is 1920. The van der Waals surface area contributed by atoms with Crippen LogP contribution < -0.4 is 21.2 Å². The summed E-state index contributed by atoms with van der Waals surface area (Å²) in [6, 6.07) is 36.1. The minimum atomic E-state index is -3.01. The van der Waals surface area contributed by atoms with Gasteiger partial charge in [-0.05, 0) is 58.9 Å². The molecule has 1 aromatic heterocycles. The molecule has 0 saturated heterocycles. The molecular formula is C41H42FN4O4P. The summed E-state index contributed by atoms with van der Waals surface area (Å²) >= 11 is 0. The predicted molar refractivity (Wildman–Crippen MR) is 200 cm³/mol. The van der Waals surface area contributed by atoms with Gasteiger partial charge in [0.05, 0.1) is 12.5 Å². The van der Waals surface area contributed by atoms with E-state index in [1.807, 2.05) is 119 Å². The van der Waals surface area contributed by atoms with Crippen molar-refractivity contribution in [3.8, 4) is 17.5 Å². The molecule has 4 aromatic carbocycles. The summed E-state index contributed by atoms with van der Waals surface area (Å²) in [7, 11) is 0. The first-order valence-electron chi connectivity index (χ1n) is 17.0. The number of hydrogen-bond donors (Lipinski definition) is 1. The summed E-state index contributed by atoms with van der Waals surface area (Å²) in [5.41, 5.74) is 0.00642. The molecule has 0 saturated carbocycles. The molecule has 0 radical (unpaired) electrons. The Kier molecular flexibility index (Phi) is 12.0. The Balaban J connectivity index is 1.51. The van der Waals surface area contributed by atoms with Crippen LogP contribution in [0.1, 0.15) is 52.8 Å². The lowest BCUT2D eigenvalue weighted by atomic mass is 9.87. The van der Waals surface area contributed by atoms with E-state index in [0.29, 0.717) is 18.4 Å². The van der Waals surface area contributed by atoms with Crippen LogP contribution in [0.3, 0.4) is 0 Å². The quantitative estimate of drug-likeness (QED) is 0.127. The van der Waals surface area contributed by atoms with Gasteiger partial charge in [-0.1, -0.05) is 132 Å². The summed E-state index contributed by atoms with van der Waals surface area (Å²) in [4.78, 5) is 28.6. The number of carbonyl (C=O) groups is 2. The lowest BCUT2D eigenvalue weighted by Gasteiger charge is -2.32. The number of ketones is 1. The normalized spacial score (nSPS) is 12.7. The summed E-state index contributed by atoms with van der Waals surface area (Å²) in [5, 5.41) is 24.7. The number of halogens is 1. The molecule has 0 spiro atoms. The molecule has 1 heterocycles. The fraction of sp³-hybridized carbons (Fsp3) is 0.268. The number of unbranched alkanes of at least 4 members (excludes halogenated alkanes) is 1. The van der Waals surface area contributed by atoms with Crippen LogP contribution >= 0.6 is 6.89 Å². The maximum absolute atomic E-state index is 14.9. The summed E-state index contributed by atoms with van der Waals surface area (Å²) in [6.45, 7) is 4.75. The molecule has 0 aliphatic carbocycles. The minimum Gasteiger partial charge on any atom is -0.445 e. The van der Waals surface area contributed by atoms with Crippen LogP contribution in [0.15, 0.2) is 120 Å². The van der Waals surface area contributed by atoms with Crippen molar-refractivity contribution < 1.29 is 23.1 Å². The van der Waals surface area contributed by atoms with E-state index >= 15 is 0 Å². The van der Waals surface area contributed by atoms with Gasteiger partial charge in [-0.3, -0.25) is 4.79 Å². The van der Waals surface area contributed by atoms with Gasteiger partial charge < -0.3 is 14.5 Å². The van der Waals surface area contributed by atoms with Crippen molar-refractivity contribution in [2.24, 2.45) is 5.41 Å². The van der Waals surface area contributed by atoms with Gasteiger partial charge in [-0.25, -0.2) is 9.18 Å². The van der Waals surface area contributed by atoms with Gasteiger partial charge in [0, 0.05) is 5.56 Å². The van der Waals surface area contributed by atoms with Crippen molar-refractivity contribution in [1.82, 2.24) is 15.5 Å². The van der Waals surface area contributed by atoms with Crippen LogP contribution in [0.25, 0.3) is 11.5 Å². The third kappa shape index (κ3) is 8.53. The Morgan fingerprint density at radius 1 is 0.863 bits per heavy atom. The lowest BCUT2D eigenvalue weighted by Crippen LogP contribution is -2.47. The number of carbonyl (C=O) groups excluding carboxylic acids is 2. The van der Waals surface area contributed by atoms with E-state index in [0.717, 1.165) is 22.3 Å². The van der Waals surface area contributed by atoms with Gasteiger partial charge >= 0.3 is 6.09 Å². The van der Waals surface area contributed by atoms with Crippen LogP contribution in [-0.4, -0.2) is 39.5 Å². The first-order chi connectivity index (χ1) is 24.6. The monoisotopic (exact) mass is 704 g/mol. The number of nitriles is 1. The highest BCUT2D eigenvalue weighted by Crippen LogP contribution is 2.46. The van der Waals surface area contributed by atoms with Gasteiger partial charge in [-0.2, -0.15) is 5.26 Å². The summed E-state index contributed by atoms with van der Waals surface area (Å²) < 4.78 is 25.3. The number of aromatic nitrogens is 2. The van der Waals surface area contributed by atoms with E-state index in [4.69, 9.17) is 9.15 Å². The number of benzene rings is 4. The van der Waals surface area contributed by atoms with Crippen molar-refractivity contribution in [2.45, 2.75) is 65.5 Å². The van der Waals surface area contributed by atoms with Crippen molar-refractivity contribution in [3.63, 3.8) is 0 Å². The van der Waals surface area contributed by atoms with Crippen LogP contribution in [0.5, 0.6) is 0 Å². The van der Waals surface area contributed by atoms with E-state index in [9.17, 15) is 19.2 Å². The highest BCUT2D eigenvalue weighted by Gasteiger charge is 2.37. The molecule has 0 aliphatic rings. The average Bonchev–Trinajstić information content (AvgIpc) is 3.61. The fourth-order valence-corrected chi connectivity index (χ4v) is 10.1. The van der Waals surface area contributed by atoms with Gasteiger partial charge in [0.2, 0.25) is 11.8 Å². The van der Waals surface area contributed by atoms with Crippen LogP contribution in [0.2, 0.25) is 0 Å². The number of nitrogens with one attached hydrogen (secondary N) is 1. The number of alkyl carbamates (subject to hydrolysis) is 1. The van der Waals surface area contributed by atoms with Crippen molar-refractivity contribution in [1.29, 1.82) is 5.26 Å². The maximum Gasteiger partial charge on any atom is 0.408 e. The topological polar surface area (TPSA) is 118 Å². The second-order valence-electron chi connectivity index (χ2n) is 13.3. The molecule has 2 atom stereocenters. The summed E-state index contributed by atoms with van der Waals surface area (Å²) in [5.74, 6) is -0.368. The molecule has 0 aliphatic heterocycles. The van der Waals surface area contributed by atoms with E-state index in [2.05, 4.69) is 21.6 Å². The fourth-order valence-electron chi connectivity index (χ4n) is 5.96. The maximum atomic E-state index is 14.9.